The Kier molecular flexibility index (Phi) is 5.87. The van der Waals surface area contributed by atoms with Crippen LogP contribution in [-0.4, -0.2) is 20.5 Å². The summed E-state index contributed by atoms with van der Waals surface area (Å²) in [5, 5.41) is 0.878. The lowest BCUT2D eigenvalue weighted by Crippen LogP contribution is -2.31. The van der Waals surface area contributed by atoms with Gasteiger partial charge in [0.2, 0.25) is 0 Å². The van der Waals surface area contributed by atoms with E-state index in [1.54, 1.807) is 30.5 Å². The van der Waals surface area contributed by atoms with Gasteiger partial charge >= 0.3 is 0 Å². The number of thiazole rings is 1. The molecular weight excluding hydrogens is 430 g/mol. The molecule has 0 fully saturated rings. The Labute approximate surface area is 170 Å². The number of nitrogens with zero attached hydrogens (tertiary/aromatic N) is 2. The minimum atomic E-state index is -4.40. The fourth-order valence-corrected chi connectivity index (χ4v) is 5.11. The SMILES string of the molecule is COc1ccc(CN(c2nccs2)S(=O)(=O)c2ccc(F)c(Cl)c2F)c(C)c1. The topological polar surface area (TPSA) is 59.5 Å². The van der Waals surface area contributed by atoms with E-state index in [0.29, 0.717) is 11.3 Å². The number of rotatable bonds is 6. The van der Waals surface area contributed by atoms with E-state index < -0.39 is 31.6 Å². The highest BCUT2D eigenvalue weighted by Crippen LogP contribution is 2.32. The highest BCUT2D eigenvalue weighted by atomic mass is 35.5. The number of aromatic nitrogens is 1. The van der Waals surface area contributed by atoms with E-state index in [4.69, 9.17) is 16.3 Å². The number of methoxy groups -OCH3 is 1. The second kappa shape index (κ2) is 8.02. The van der Waals surface area contributed by atoms with E-state index in [1.165, 1.54) is 13.3 Å². The summed E-state index contributed by atoms with van der Waals surface area (Å²) in [5.41, 5.74) is 1.46. The zero-order valence-electron chi connectivity index (χ0n) is 14.8. The van der Waals surface area contributed by atoms with E-state index in [0.717, 1.165) is 33.3 Å². The van der Waals surface area contributed by atoms with Crippen LogP contribution in [0.1, 0.15) is 11.1 Å². The summed E-state index contributed by atoms with van der Waals surface area (Å²) in [5.74, 6) is -1.75. The summed E-state index contributed by atoms with van der Waals surface area (Å²) in [6, 6.07) is 6.85. The zero-order valence-corrected chi connectivity index (χ0v) is 17.2. The van der Waals surface area contributed by atoms with Gasteiger partial charge in [-0.2, -0.15) is 0 Å². The third-order valence-electron chi connectivity index (χ3n) is 4.06. The number of anilines is 1. The molecule has 0 atom stereocenters. The highest BCUT2D eigenvalue weighted by Gasteiger charge is 2.31. The maximum atomic E-state index is 14.5. The molecular formula is C18H15ClF2N2O3S2. The summed E-state index contributed by atoms with van der Waals surface area (Å²) < 4.78 is 60.5. The standard InChI is InChI=1S/C18H15ClF2N2O3S2/c1-11-9-13(26-2)4-3-12(11)10-23(18-22-7-8-27-18)28(24,25)15-6-5-14(20)16(19)17(15)21/h3-9H,10H2,1-2H3. The molecule has 28 heavy (non-hydrogen) atoms. The summed E-state index contributed by atoms with van der Waals surface area (Å²) in [6.45, 7) is 1.71. The van der Waals surface area contributed by atoms with Gasteiger partial charge in [-0.25, -0.2) is 26.5 Å². The summed E-state index contributed by atoms with van der Waals surface area (Å²) >= 11 is 6.66. The van der Waals surface area contributed by atoms with Gasteiger partial charge in [0.15, 0.2) is 10.9 Å². The van der Waals surface area contributed by atoms with E-state index in [2.05, 4.69) is 4.98 Å². The van der Waals surface area contributed by atoms with Gasteiger partial charge in [-0.05, 0) is 42.3 Å². The molecule has 0 aliphatic carbocycles. The number of ether oxygens (including phenoxy) is 1. The summed E-state index contributed by atoms with van der Waals surface area (Å²) in [7, 11) is -2.87. The highest BCUT2D eigenvalue weighted by molar-refractivity contribution is 7.93. The lowest BCUT2D eigenvalue weighted by atomic mass is 10.1. The molecule has 3 aromatic rings. The van der Waals surface area contributed by atoms with Gasteiger partial charge in [0.25, 0.3) is 10.0 Å². The molecule has 0 N–H and O–H groups in total. The minimum absolute atomic E-state index is 0.0971. The van der Waals surface area contributed by atoms with Crippen LogP contribution in [0.4, 0.5) is 13.9 Å². The maximum absolute atomic E-state index is 14.5. The molecule has 0 amide bonds. The quantitative estimate of drug-likeness (QED) is 0.513. The molecule has 0 saturated carbocycles. The van der Waals surface area contributed by atoms with Gasteiger partial charge in [0.1, 0.15) is 21.5 Å². The van der Waals surface area contributed by atoms with Crippen molar-refractivity contribution >= 4 is 38.1 Å². The van der Waals surface area contributed by atoms with Gasteiger partial charge in [-0.15, -0.1) is 11.3 Å². The number of aryl methyl sites for hydroxylation is 1. The number of halogens is 3. The maximum Gasteiger partial charge on any atom is 0.269 e. The first-order chi connectivity index (χ1) is 13.3. The number of benzene rings is 2. The molecule has 148 valence electrons. The monoisotopic (exact) mass is 444 g/mol. The Morgan fingerprint density at radius 1 is 1.25 bits per heavy atom. The number of hydrogen-bond donors (Lipinski definition) is 0. The molecule has 1 aromatic heterocycles. The first-order valence-electron chi connectivity index (χ1n) is 7.95. The second-order valence-corrected chi connectivity index (χ2v) is 8.87. The van der Waals surface area contributed by atoms with Crippen molar-refractivity contribution in [2.45, 2.75) is 18.4 Å². The molecule has 3 rings (SSSR count). The Morgan fingerprint density at radius 3 is 2.61 bits per heavy atom. The first-order valence-corrected chi connectivity index (χ1v) is 10.6. The fourth-order valence-electron chi connectivity index (χ4n) is 2.55. The second-order valence-electron chi connectivity index (χ2n) is 5.79. The van der Waals surface area contributed by atoms with Crippen LogP contribution >= 0.6 is 22.9 Å². The average molecular weight is 445 g/mol. The van der Waals surface area contributed by atoms with E-state index in [-0.39, 0.29) is 11.7 Å². The molecule has 1 heterocycles. The molecule has 10 heteroatoms. The van der Waals surface area contributed by atoms with Crippen molar-refractivity contribution in [2.75, 3.05) is 11.4 Å². The normalized spacial score (nSPS) is 11.5. The Balaban J connectivity index is 2.10. The van der Waals surface area contributed by atoms with Crippen LogP contribution in [0.2, 0.25) is 5.02 Å². The Hall–Kier alpha value is -2.23. The van der Waals surface area contributed by atoms with Crippen LogP contribution in [-0.2, 0) is 16.6 Å². The van der Waals surface area contributed by atoms with Gasteiger partial charge in [-0.1, -0.05) is 17.7 Å². The zero-order chi connectivity index (χ0) is 20.5. The van der Waals surface area contributed by atoms with Crippen LogP contribution < -0.4 is 9.04 Å². The first kappa shape index (κ1) is 20.5. The Bertz CT molecular complexity index is 1110. The van der Waals surface area contributed by atoms with Gasteiger partial charge in [-0.3, -0.25) is 0 Å². The smallest absolute Gasteiger partial charge is 0.269 e. The molecule has 0 aliphatic heterocycles. The van der Waals surface area contributed by atoms with Gasteiger partial charge in [0, 0.05) is 11.6 Å². The number of sulfonamides is 1. The molecule has 0 spiro atoms. The molecule has 0 radical (unpaired) electrons. The van der Waals surface area contributed by atoms with Crippen molar-refractivity contribution in [2.24, 2.45) is 0 Å². The molecule has 0 saturated heterocycles. The van der Waals surface area contributed by atoms with Crippen LogP contribution in [0, 0.1) is 18.6 Å². The average Bonchev–Trinajstić information content (AvgIpc) is 3.18. The lowest BCUT2D eigenvalue weighted by Gasteiger charge is -2.23. The third kappa shape index (κ3) is 3.82. The van der Waals surface area contributed by atoms with E-state index in [9.17, 15) is 17.2 Å². The van der Waals surface area contributed by atoms with Crippen LogP contribution in [0.15, 0.2) is 46.8 Å². The van der Waals surface area contributed by atoms with Crippen LogP contribution in [0.25, 0.3) is 0 Å². The van der Waals surface area contributed by atoms with E-state index in [1.807, 2.05) is 0 Å². The lowest BCUT2D eigenvalue weighted by molar-refractivity contribution is 0.414. The van der Waals surface area contributed by atoms with Gasteiger partial charge < -0.3 is 4.74 Å². The van der Waals surface area contributed by atoms with Gasteiger partial charge in [0.05, 0.1) is 13.7 Å². The summed E-state index contributed by atoms with van der Waals surface area (Å²) in [4.78, 5) is 3.33. The minimum Gasteiger partial charge on any atom is -0.497 e. The fraction of sp³-hybridized carbons (Fsp3) is 0.167. The van der Waals surface area contributed by atoms with Crippen molar-refractivity contribution in [1.82, 2.24) is 4.98 Å². The van der Waals surface area contributed by atoms with Crippen molar-refractivity contribution in [3.8, 4) is 5.75 Å². The largest absolute Gasteiger partial charge is 0.497 e. The molecule has 0 unspecified atom stereocenters. The van der Waals surface area contributed by atoms with Crippen LogP contribution in [0.3, 0.4) is 0 Å². The van der Waals surface area contributed by atoms with Crippen molar-refractivity contribution in [3.63, 3.8) is 0 Å². The predicted octanol–water partition coefficient (Wildman–Crippen LogP) is 4.79. The third-order valence-corrected chi connectivity index (χ3v) is 7.07. The molecule has 5 nitrogen and oxygen atoms in total. The van der Waals surface area contributed by atoms with Crippen molar-refractivity contribution in [3.05, 3.63) is 69.7 Å². The van der Waals surface area contributed by atoms with Crippen molar-refractivity contribution < 1.29 is 21.9 Å². The van der Waals surface area contributed by atoms with Crippen molar-refractivity contribution in [1.29, 1.82) is 0 Å². The molecule has 0 bridgehead atoms. The molecule has 0 aliphatic rings. The summed E-state index contributed by atoms with van der Waals surface area (Å²) in [6.07, 6.45) is 1.44. The molecule has 2 aromatic carbocycles. The predicted molar refractivity (Wildman–Crippen MR) is 105 cm³/mol. The Morgan fingerprint density at radius 2 is 2.00 bits per heavy atom. The van der Waals surface area contributed by atoms with E-state index >= 15 is 0 Å². The van der Waals surface area contributed by atoms with Crippen LogP contribution in [0.5, 0.6) is 5.75 Å². The number of hydrogen-bond acceptors (Lipinski definition) is 5.